The van der Waals surface area contributed by atoms with Gasteiger partial charge in [0.1, 0.15) is 0 Å². The highest BCUT2D eigenvalue weighted by Crippen LogP contribution is 2.38. The van der Waals surface area contributed by atoms with E-state index in [-0.39, 0.29) is 29.7 Å². The number of furan rings is 1. The van der Waals surface area contributed by atoms with Gasteiger partial charge in [-0.15, -0.1) is 0 Å². The molecule has 124 valence electrons. The van der Waals surface area contributed by atoms with Gasteiger partial charge in [0.05, 0.1) is 6.26 Å². The molecule has 1 atom stereocenters. The number of esters is 1. The van der Waals surface area contributed by atoms with Gasteiger partial charge in [0.25, 0.3) is 5.78 Å². The quantitative estimate of drug-likeness (QED) is 0.595. The summed E-state index contributed by atoms with van der Waals surface area (Å²) < 4.78 is 15.8. The molecule has 0 fully saturated rings. The zero-order valence-electron chi connectivity index (χ0n) is 12.7. The lowest BCUT2D eigenvalue weighted by atomic mass is 9.98. The van der Waals surface area contributed by atoms with Crippen molar-refractivity contribution < 1.29 is 28.3 Å². The van der Waals surface area contributed by atoms with E-state index in [1.807, 2.05) is 0 Å². The van der Waals surface area contributed by atoms with Crippen LogP contribution in [0.3, 0.4) is 0 Å². The van der Waals surface area contributed by atoms with Gasteiger partial charge in [-0.1, -0.05) is 15.9 Å². The van der Waals surface area contributed by atoms with Gasteiger partial charge in [-0.05, 0) is 25.5 Å². The molecule has 23 heavy (non-hydrogen) atoms. The van der Waals surface area contributed by atoms with Crippen LogP contribution in [0.2, 0.25) is 0 Å². The fraction of sp³-hybridized carbons (Fsp3) is 0.400. The van der Waals surface area contributed by atoms with Crippen LogP contribution >= 0.6 is 15.9 Å². The van der Waals surface area contributed by atoms with Gasteiger partial charge >= 0.3 is 5.97 Å². The Kier molecular flexibility index (Phi) is 5.25. The Balaban J connectivity index is 2.27. The van der Waals surface area contributed by atoms with Crippen LogP contribution in [0, 0.1) is 0 Å². The number of halogens is 1. The molecule has 1 aliphatic heterocycles. The molecule has 2 rings (SSSR count). The Hall–Kier alpha value is -2.09. The number of amides is 1. The van der Waals surface area contributed by atoms with E-state index < -0.39 is 17.4 Å². The largest absolute Gasteiger partial charge is 0.465 e. The standard InChI is InChI=1S/C15H16BrNO6/c1-9(18)22-12-13(20)15(2,10-5-4-8-21-10)23-14(12)17-11(19)6-3-7-16/h4-5,8H,3,6-7H2,1-2H3,(H,17,19). The molecule has 0 saturated heterocycles. The third kappa shape index (κ3) is 3.64. The average molecular weight is 386 g/mol. The number of Topliss-reactive ketones (excluding diaryl/α,β-unsaturated/α-hetero) is 1. The van der Waals surface area contributed by atoms with Gasteiger partial charge in [-0.3, -0.25) is 19.7 Å². The van der Waals surface area contributed by atoms with Crippen LogP contribution in [0.15, 0.2) is 34.5 Å². The summed E-state index contributed by atoms with van der Waals surface area (Å²) in [6.45, 7) is 2.64. The third-order valence-corrected chi connectivity index (χ3v) is 3.74. The van der Waals surface area contributed by atoms with Crippen LogP contribution in [0.1, 0.15) is 32.4 Å². The van der Waals surface area contributed by atoms with Crippen molar-refractivity contribution in [3.63, 3.8) is 0 Å². The molecule has 0 saturated carbocycles. The predicted octanol–water partition coefficient (Wildman–Crippen LogP) is 2.12. The number of alkyl halides is 1. The molecule has 0 aromatic carbocycles. The number of nitrogens with one attached hydrogen (secondary N) is 1. The lowest BCUT2D eigenvalue weighted by Crippen LogP contribution is -2.32. The zero-order chi connectivity index (χ0) is 17.0. The van der Waals surface area contributed by atoms with Crippen LogP contribution < -0.4 is 5.32 Å². The monoisotopic (exact) mass is 385 g/mol. The number of rotatable bonds is 6. The molecule has 2 heterocycles. The van der Waals surface area contributed by atoms with Crippen LogP contribution in [-0.4, -0.2) is 23.0 Å². The van der Waals surface area contributed by atoms with Gasteiger partial charge in [0.15, 0.2) is 5.76 Å². The van der Waals surface area contributed by atoms with E-state index in [9.17, 15) is 14.4 Å². The Morgan fingerprint density at radius 1 is 1.43 bits per heavy atom. The number of carbonyl (C=O) groups excluding carboxylic acids is 3. The molecule has 1 N–H and O–H groups in total. The maximum atomic E-state index is 12.6. The summed E-state index contributed by atoms with van der Waals surface area (Å²) in [6.07, 6.45) is 2.25. The minimum Gasteiger partial charge on any atom is -0.465 e. The summed E-state index contributed by atoms with van der Waals surface area (Å²) in [6, 6.07) is 3.17. The Morgan fingerprint density at radius 3 is 2.74 bits per heavy atom. The lowest BCUT2D eigenvalue weighted by Gasteiger charge is -2.20. The zero-order valence-corrected chi connectivity index (χ0v) is 14.3. The molecule has 1 aromatic heterocycles. The molecule has 0 bridgehead atoms. The summed E-state index contributed by atoms with van der Waals surface area (Å²) in [5, 5.41) is 3.14. The second kappa shape index (κ2) is 6.99. The Labute approximate surface area is 141 Å². The second-order valence-electron chi connectivity index (χ2n) is 5.03. The van der Waals surface area contributed by atoms with Crippen molar-refractivity contribution in [1.29, 1.82) is 0 Å². The normalized spacial score (nSPS) is 20.4. The van der Waals surface area contributed by atoms with Crippen molar-refractivity contribution in [2.75, 3.05) is 5.33 Å². The van der Waals surface area contributed by atoms with Crippen molar-refractivity contribution >= 4 is 33.6 Å². The van der Waals surface area contributed by atoms with Crippen molar-refractivity contribution in [3.8, 4) is 0 Å². The summed E-state index contributed by atoms with van der Waals surface area (Å²) in [5.41, 5.74) is -1.49. The number of ether oxygens (including phenoxy) is 2. The summed E-state index contributed by atoms with van der Waals surface area (Å²) in [7, 11) is 0. The van der Waals surface area contributed by atoms with Gasteiger partial charge in [0.2, 0.25) is 23.2 Å². The molecule has 0 aliphatic carbocycles. The molecule has 8 heteroatoms. The van der Waals surface area contributed by atoms with Crippen LogP contribution in [-0.2, 0) is 29.5 Å². The van der Waals surface area contributed by atoms with Crippen molar-refractivity contribution in [2.24, 2.45) is 0 Å². The van der Waals surface area contributed by atoms with E-state index in [0.717, 1.165) is 6.92 Å². The van der Waals surface area contributed by atoms with E-state index >= 15 is 0 Å². The third-order valence-electron chi connectivity index (χ3n) is 3.18. The fourth-order valence-electron chi connectivity index (χ4n) is 2.06. The van der Waals surface area contributed by atoms with Gasteiger partial charge < -0.3 is 13.9 Å². The molecule has 7 nitrogen and oxygen atoms in total. The summed E-state index contributed by atoms with van der Waals surface area (Å²) in [5.74, 6) is -1.89. The van der Waals surface area contributed by atoms with Crippen LogP contribution in [0.4, 0.5) is 0 Å². The minimum absolute atomic E-state index is 0.177. The first kappa shape index (κ1) is 17.3. The minimum atomic E-state index is -1.49. The van der Waals surface area contributed by atoms with Crippen molar-refractivity contribution in [1.82, 2.24) is 5.32 Å². The smallest absolute Gasteiger partial charge is 0.308 e. The van der Waals surface area contributed by atoms with Crippen molar-refractivity contribution in [2.45, 2.75) is 32.3 Å². The number of ketones is 1. The number of carbonyl (C=O) groups is 3. The maximum Gasteiger partial charge on any atom is 0.308 e. The van der Waals surface area contributed by atoms with E-state index in [1.54, 1.807) is 12.1 Å². The van der Waals surface area contributed by atoms with Crippen molar-refractivity contribution in [3.05, 3.63) is 35.8 Å². The van der Waals surface area contributed by atoms with Crippen LogP contribution in [0.5, 0.6) is 0 Å². The lowest BCUT2D eigenvalue weighted by molar-refractivity contribution is -0.142. The first-order valence-corrected chi connectivity index (χ1v) is 8.07. The molecule has 1 aromatic rings. The second-order valence-corrected chi connectivity index (χ2v) is 5.83. The first-order chi connectivity index (χ1) is 10.9. The van der Waals surface area contributed by atoms with Gasteiger partial charge in [-0.25, -0.2) is 0 Å². The summed E-state index contributed by atoms with van der Waals surface area (Å²) >= 11 is 3.23. The van der Waals surface area contributed by atoms with Gasteiger partial charge in [-0.2, -0.15) is 0 Å². The molecular formula is C15H16BrNO6. The van der Waals surface area contributed by atoms with Gasteiger partial charge in [0, 0.05) is 18.7 Å². The van der Waals surface area contributed by atoms with Crippen LogP contribution in [0.25, 0.3) is 0 Å². The fourth-order valence-corrected chi connectivity index (χ4v) is 2.34. The highest BCUT2D eigenvalue weighted by molar-refractivity contribution is 9.09. The molecule has 1 aliphatic rings. The number of hydrogen-bond acceptors (Lipinski definition) is 6. The molecular weight excluding hydrogens is 370 g/mol. The number of hydrogen-bond donors (Lipinski definition) is 1. The molecule has 1 unspecified atom stereocenters. The Morgan fingerprint density at radius 2 is 2.17 bits per heavy atom. The van der Waals surface area contributed by atoms with E-state index in [4.69, 9.17) is 13.9 Å². The summed E-state index contributed by atoms with van der Waals surface area (Å²) in [4.78, 5) is 35.7. The van der Waals surface area contributed by atoms with E-state index in [1.165, 1.54) is 13.2 Å². The molecule has 1 amide bonds. The van der Waals surface area contributed by atoms with E-state index in [0.29, 0.717) is 11.8 Å². The highest BCUT2D eigenvalue weighted by Gasteiger charge is 2.51. The predicted molar refractivity (Wildman–Crippen MR) is 82.1 cm³/mol. The maximum absolute atomic E-state index is 12.6. The Bertz CT molecular complexity index is 651. The first-order valence-electron chi connectivity index (χ1n) is 6.94. The molecule has 0 radical (unpaired) electrons. The average Bonchev–Trinajstić information content (AvgIpc) is 3.09. The molecule has 0 spiro atoms. The SMILES string of the molecule is CC(=O)OC1=C(NC(=O)CCCBr)OC(C)(c2ccco2)C1=O. The topological polar surface area (TPSA) is 94.8 Å². The van der Waals surface area contributed by atoms with E-state index in [2.05, 4.69) is 21.2 Å². The highest BCUT2D eigenvalue weighted by atomic mass is 79.9.